The minimum absolute atomic E-state index is 0.0477. The maximum atomic E-state index is 12.0. The van der Waals surface area contributed by atoms with Gasteiger partial charge in [0.1, 0.15) is 0 Å². The van der Waals surface area contributed by atoms with E-state index in [4.69, 9.17) is 0 Å². The molecular weight excluding hydrogens is 300 g/mol. The summed E-state index contributed by atoms with van der Waals surface area (Å²) in [5.41, 5.74) is -0.249. The van der Waals surface area contributed by atoms with Gasteiger partial charge in [-0.1, -0.05) is 18.2 Å². The van der Waals surface area contributed by atoms with Crippen LogP contribution >= 0.6 is 11.8 Å². The van der Waals surface area contributed by atoms with Crippen LogP contribution < -0.4 is 11.2 Å². The van der Waals surface area contributed by atoms with Gasteiger partial charge >= 0.3 is 5.69 Å². The van der Waals surface area contributed by atoms with Crippen molar-refractivity contribution in [2.24, 2.45) is 0 Å². The first kappa shape index (κ1) is 15.1. The highest BCUT2D eigenvalue weighted by atomic mass is 32.2. The highest BCUT2D eigenvalue weighted by molar-refractivity contribution is 8.00. The minimum atomic E-state index is -0.464. The summed E-state index contributed by atoms with van der Waals surface area (Å²) in [6.07, 6.45) is 2.35. The molecule has 0 unspecified atom stereocenters. The third kappa shape index (κ3) is 3.03. The van der Waals surface area contributed by atoms with Crippen LogP contribution in [0, 0.1) is 6.92 Å². The lowest BCUT2D eigenvalue weighted by molar-refractivity contribution is 0.182. The fraction of sp³-hybridized carbons (Fsp3) is 0.375. The molecule has 1 fully saturated rings. The van der Waals surface area contributed by atoms with Crippen molar-refractivity contribution < 1.29 is 5.11 Å². The van der Waals surface area contributed by atoms with Crippen LogP contribution in [-0.4, -0.2) is 26.0 Å². The van der Waals surface area contributed by atoms with Crippen LogP contribution in [0.25, 0.3) is 0 Å². The van der Waals surface area contributed by atoms with Gasteiger partial charge in [-0.25, -0.2) is 4.79 Å². The van der Waals surface area contributed by atoms with E-state index in [2.05, 4.69) is 4.98 Å². The van der Waals surface area contributed by atoms with Gasteiger partial charge in [-0.3, -0.25) is 14.3 Å². The van der Waals surface area contributed by atoms with Crippen LogP contribution in [0.3, 0.4) is 0 Å². The molecule has 1 heterocycles. The molecule has 2 N–H and O–H groups in total. The molecule has 116 valence electrons. The average molecular weight is 318 g/mol. The molecular formula is C16H18N2O3S. The number of benzene rings is 1. The van der Waals surface area contributed by atoms with Crippen molar-refractivity contribution in [2.45, 2.75) is 42.1 Å². The number of aromatic amines is 1. The number of aromatic nitrogens is 2. The summed E-state index contributed by atoms with van der Waals surface area (Å²) in [4.78, 5) is 26.9. The summed E-state index contributed by atoms with van der Waals surface area (Å²) in [6, 6.07) is 9.84. The van der Waals surface area contributed by atoms with Gasteiger partial charge in [-0.15, -0.1) is 11.8 Å². The summed E-state index contributed by atoms with van der Waals surface area (Å²) < 4.78 is 1.55. The number of H-pyrrole nitrogens is 1. The predicted octanol–water partition coefficient (Wildman–Crippen LogP) is 1.70. The van der Waals surface area contributed by atoms with Crippen LogP contribution in [-0.2, 0) is 0 Å². The summed E-state index contributed by atoms with van der Waals surface area (Å²) in [5, 5.41) is 10.3. The molecule has 1 aromatic heterocycles. The molecule has 1 aromatic carbocycles. The zero-order chi connectivity index (χ0) is 15.7. The van der Waals surface area contributed by atoms with Crippen LogP contribution in [0.1, 0.15) is 24.4 Å². The van der Waals surface area contributed by atoms with E-state index in [1.54, 1.807) is 29.4 Å². The normalized spacial score (nSPS) is 24.5. The fourth-order valence-electron chi connectivity index (χ4n) is 2.84. The molecule has 0 amide bonds. The first-order chi connectivity index (χ1) is 10.5. The third-order valence-electron chi connectivity index (χ3n) is 4.02. The zero-order valence-electron chi connectivity index (χ0n) is 12.2. The summed E-state index contributed by atoms with van der Waals surface area (Å²) in [6.45, 7) is 1.68. The van der Waals surface area contributed by atoms with Crippen molar-refractivity contribution in [1.29, 1.82) is 0 Å². The molecule has 0 radical (unpaired) electrons. The SMILES string of the molecule is Cc1cn([C@@H]2C[C@@H](O)[C@H](Sc3ccccc3)C2)c(=O)[nH]c1=O. The highest BCUT2D eigenvalue weighted by Gasteiger charge is 2.35. The highest BCUT2D eigenvalue weighted by Crippen LogP contribution is 2.39. The Morgan fingerprint density at radius 2 is 1.95 bits per heavy atom. The van der Waals surface area contributed by atoms with Crippen molar-refractivity contribution in [1.82, 2.24) is 9.55 Å². The quantitative estimate of drug-likeness (QED) is 0.903. The number of thioether (sulfide) groups is 1. The number of aliphatic hydroxyl groups is 1. The Morgan fingerprint density at radius 1 is 1.23 bits per heavy atom. The van der Waals surface area contributed by atoms with E-state index in [-0.39, 0.29) is 16.9 Å². The number of hydrogen-bond donors (Lipinski definition) is 2. The Labute approximate surface area is 132 Å². The molecule has 1 aliphatic carbocycles. The Morgan fingerprint density at radius 3 is 2.68 bits per heavy atom. The van der Waals surface area contributed by atoms with Crippen molar-refractivity contribution in [3.05, 3.63) is 62.9 Å². The zero-order valence-corrected chi connectivity index (χ0v) is 13.0. The molecule has 0 saturated heterocycles. The van der Waals surface area contributed by atoms with Gasteiger partial charge < -0.3 is 5.11 Å². The van der Waals surface area contributed by atoms with Crippen molar-refractivity contribution >= 4 is 11.8 Å². The smallest absolute Gasteiger partial charge is 0.328 e. The topological polar surface area (TPSA) is 75.1 Å². The van der Waals surface area contributed by atoms with E-state index in [9.17, 15) is 14.7 Å². The maximum Gasteiger partial charge on any atom is 0.328 e. The first-order valence-electron chi connectivity index (χ1n) is 7.26. The summed E-state index contributed by atoms with van der Waals surface area (Å²) in [7, 11) is 0. The van der Waals surface area contributed by atoms with Gasteiger partial charge in [0.25, 0.3) is 5.56 Å². The molecule has 2 aromatic rings. The first-order valence-corrected chi connectivity index (χ1v) is 8.14. The number of rotatable bonds is 3. The average Bonchev–Trinajstić information content (AvgIpc) is 2.85. The van der Waals surface area contributed by atoms with Gasteiger partial charge in [0.05, 0.1) is 6.10 Å². The van der Waals surface area contributed by atoms with Gasteiger partial charge in [-0.2, -0.15) is 0 Å². The van der Waals surface area contributed by atoms with E-state index >= 15 is 0 Å². The number of aryl methyl sites for hydroxylation is 1. The second-order valence-electron chi connectivity index (χ2n) is 5.64. The van der Waals surface area contributed by atoms with Crippen molar-refractivity contribution in [3.8, 4) is 0 Å². The van der Waals surface area contributed by atoms with Gasteiger partial charge in [-0.05, 0) is 31.9 Å². The van der Waals surface area contributed by atoms with Gasteiger partial charge in [0.2, 0.25) is 0 Å². The molecule has 5 nitrogen and oxygen atoms in total. The molecule has 1 aliphatic rings. The van der Waals surface area contributed by atoms with Gasteiger partial charge in [0.15, 0.2) is 0 Å². The molecule has 0 bridgehead atoms. The molecule has 6 heteroatoms. The number of nitrogens with one attached hydrogen (secondary N) is 1. The third-order valence-corrected chi connectivity index (χ3v) is 5.37. The summed E-state index contributed by atoms with van der Waals surface area (Å²) in [5.74, 6) is 0. The Balaban J connectivity index is 1.80. The van der Waals surface area contributed by atoms with Crippen LogP contribution in [0.5, 0.6) is 0 Å². The monoisotopic (exact) mass is 318 g/mol. The number of aliphatic hydroxyl groups excluding tert-OH is 1. The second kappa shape index (κ2) is 6.14. The largest absolute Gasteiger partial charge is 0.392 e. The molecule has 1 saturated carbocycles. The molecule has 0 aliphatic heterocycles. The fourth-order valence-corrected chi connectivity index (χ4v) is 4.09. The maximum absolute atomic E-state index is 12.0. The summed E-state index contributed by atoms with van der Waals surface area (Å²) >= 11 is 1.63. The number of hydrogen-bond acceptors (Lipinski definition) is 4. The van der Waals surface area contributed by atoms with E-state index in [0.717, 1.165) is 4.90 Å². The van der Waals surface area contributed by atoms with Crippen molar-refractivity contribution in [3.63, 3.8) is 0 Å². The van der Waals surface area contributed by atoms with E-state index in [1.165, 1.54) is 0 Å². The van der Waals surface area contributed by atoms with E-state index < -0.39 is 11.8 Å². The lowest BCUT2D eigenvalue weighted by Gasteiger charge is -2.14. The Bertz CT molecular complexity index is 769. The van der Waals surface area contributed by atoms with E-state index in [1.807, 2.05) is 30.3 Å². The Kier molecular flexibility index (Phi) is 4.22. The molecule has 22 heavy (non-hydrogen) atoms. The lowest BCUT2D eigenvalue weighted by Crippen LogP contribution is -2.32. The van der Waals surface area contributed by atoms with Crippen molar-refractivity contribution in [2.75, 3.05) is 0 Å². The second-order valence-corrected chi connectivity index (χ2v) is 6.95. The lowest BCUT2D eigenvalue weighted by atomic mass is 10.2. The van der Waals surface area contributed by atoms with Gasteiger partial charge in [0, 0.05) is 27.9 Å². The van der Waals surface area contributed by atoms with E-state index in [0.29, 0.717) is 18.4 Å². The number of nitrogens with zero attached hydrogens (tertiary/aromatic N) is 1. The van der Waals surface area contributed by atoms with Crippen LogP contribution in [0.15, 0.2) is 51.0 Å². The Hall–Kier alpha value is -1.79. The minimum Gasteiger partial charge on any atom is -0.392 e. The predicted molar refractivity (Wildman–Crippen MR) is 86.4 cm³/mol. The molecule has 0 spiro atoms. The molecule has 3 rings (SSSR count). The van der Waals surface area contributed by atoms with Crippen LogP contribution in [0.4, 0.5) is 0 Å². The van der Waals surface area contributed by atoms with Crippen LogP contribution in [0.2, 0.25) is 0 Å². The molecule has 3 atom stereocenters. The standard InChI is InChI=1S/C16H18N2O3S/c1-10-9-18(16(21)17-15(10)20)11-7-13(19)14(8-11)22-12-5-3-2-4-6-12/h2-6,9,11,13-14,19H,7-8H2,1H3,(H,17,20,21)/t11-,13-,14-/m1/s1.